The summed E-state index contributed by atoms with van der Waals surface area (Å²) in [5.74, 6) is -0.295. The van der Waals surface area contributed by atoms with Gasteiger partial charge < -0.3 is 10.1 Å². The number of hydrogen-bond donors (Lipinski definition) is 1. The van der Waals surface area contributed by atoms with Crippen molar-refractivity contribution in [1.82, 2.24) is 9.78 Å². The number of carbonyl (C=O) groups is 1. The summed E-state index contributed by atoms with van der Waals surface area (Å²) in [4.78, 5) is 11.5. The lowest BCUT2D eigenvalue weighted by Gasteiger charge is -2.13. The van der Waals surface area contributed by atoms with Gasteiger partial charge in [0.1, 0.15) is 6.04 Å². The molecule has 0 radical (unpaired) electrons. The predicted octanol–water partition coefficient (Wildman–Crippen LogP) is 2.46. The second kappa shape index (κ2) is 5.77. The summed E-state index contributed by atoms with van der Waals surface area (Å²) in [6.07, 6.45) is 0. The molecule has 1 N–H and O–H groups in total. The number of benzene rings is 1. The molecule has 0 fully saturated rings. The number of para-hydroxylation sites is 1. The first-order valence-corrected chi connectivity index (χ1v) is 6.50. The molecule has 0 aliphatic carbocycles. The Morgan fingerprint density at radius 2 is 1.95 bits per heavy atom. The molecule has 0 aliphatic rings. The highest BCUT2D eigenvalue weighted by Gasteiger charge is 2.18. The SMILES string of the molecule is COC(=O)C(C)Nc1c(C)nn(-c2ccccc2)c1C. The van der Waals surface area contributed by atoms with Crippen LogP contribution in [0.1, 0.15) is 18.3 Å². The number of anilines is 1. The van der Waals surface area contributed by atoms with E-state index in [4.69, 9.17) is 4.74 Å². The van der Waals surface area contributed by atoms with Gasteiger partial charge in [0, 0.05) is 0 Å². The minimum atomic E-state index is -0.411. The lowest BCUT2D eigenvalue weighted by Crippen LogP contribution is -2.27. The van der Waals surface area contributed by atoms with Crippen molar-refractivity contribution in [2.24, 2.45) is 0 Å². The highest BCUT2D eigenvalue weighted by molar-refractivity contribution is 5.79. The molecule has 0 bridgehead atoms. The molecule has 5 nitrogen and oxygen atoms in total. The van der Waals surface area contributed by atoms with E-state index in [2.05, 4.69) is 10.4 Å². The molecule has 0 amide bonds. The Bertz CT molecular complexity index is 605. The average molecular weight is 273 g/mol. The van der Waals surface area contributed by atoms with Crippen LogP contribution in [-0.2, 0) is 9.53 Å². The monoisotopic (exact) mass is 273 g/mol. The molecule has 0 aliphatic heterocycles. The first kappa shape index (κ1) is 14.1. The van der Waals surface area contributed by atoms with Crippen LogP contribution in [0.15, 0.2) is 30.3 Å². The maximum atomic E-state index is 11.5. The highest BCUT2D eigenvalue weighted by atomic mass is 16.5. The summed E-state index contributed by atoms with van der Waals surface area (Å²) in [7, 11) is 1.38. The van der Waals surface area contributed by atoms with Crippen molar-refractivity contribution in [1.29, 1.82) is 0 Å². The second-order valence-electron chi connectivity index (χ2n) is 4.68. The predicted molar refractivity (Wildman–Crippen MR) is 78.1 cm³/mol. The van der Waals surface area contributed by atoms with Crippen molar-refractivity contribution in [3.63, 3.8) is 0 Å². The lowest BCUT2D eigenvalue weighted by atomic mass is 10.2. The van der Waals surface area contributed by atoms with Crippen LogP contribution in [-0.4, -0.2) is 28.9 Å². The van der Waals surface area contributed by atoms with Crippen molar-refractivity contribution in [2.75, 3.05) is 12.4 Å². The van der Waals surface area contributed by atoms with Crippen LogP contribution in [0.3, 0.4) is 0 Å². The first-order chi connectivity index (χ1) is 9.54. The molecular formula is C15H19N3O2. The fourth-order valence-electron chi connectivity index (χ4n) is 2.12. The molecule has 1 unspecified atom stereocenters. The van der Waals surface area contributed by atoms with Crippen LogP contribution >= 0.6 is 0 Å². The van der Waals surface area contributed by atoms with E-state index < -0.39 is 6.04 Å². The Morgan fingerprint density at radius 3 is 2.55 bits per heavy atom. The van der Waals surface area contributed by atoms with Gasteiger partial charge >= 0.3 is 5.97 Å². The van der Waals surface area contributed by atoms with E-state index in [1.165, 1.54) is 7.11 Å². The Labute approximate surface area is 118 Å². The van der Waals surface area contributed by atoms with Crippen LogP contribution in [0.2, 0.25) is 0 Å². The van der Waals surface area contributed by atoms with E-state index in [9.17, 15) is 4.79 Å². The molecule has 5 heteroatoms. The van der Waals surface area contributed by atoms with Crippen LogP contribution in [0.5, 0.6) is 0 Å². The molecule has 20 heavy (non-hydrogen) atoms. The number of nitrogens with one attached hydrogen (secondary N) is 1. The maximum absolute atomic E-state index is 11.5. The molecule has 0 spiro atoms. The van der Waals surface area contributed by atoms with Gasteiger partial charge in [0.15, 0.2) is 0 Å². The Kier molecular flexibility index (Phi) is 4.08. The van der Waals surface area contributed by atoms with Crippen LogP contribution in [0.25, 0.3) is 5.69 Å². The van der Waals surface area contributed by atoms with Crippen molar-refractivity contribution in [3.05, 3.63) is 41.7 Å². The van der Waals surface area contributed by atoms with E-state index in [-0.39, 0.29) is 5.97 Å². The van der Waals surface area contributed by atoms with E-state index in [0.29, 0.717) is 0 Å². The molecule has 1 heterocycles. The fourth-order valence-corrected chi connectivity index (χ4v) is 2.12. The second-order valence-corrected chi connectivity index (χ2v) is 4.68. The van der Waals surface area contributed by atoms with Crippen LogP contribution < -0.4 is 5.32 Å². The third-order valence-corrected chi connectivity index (χ3v) is 3.21. The Morgan fingerprint density at radius 1 is 1.30 bits per heavy atom. The third kappa shape index (κ3) is 2.66. The van der Waals surface area contributed by atoms with Gasteiger partial charge in [0.25, 0.3) is 0 Å². The molecule has 1 atom stereocenters. The minimum absolute atomic E-state index is 0.295. The lowest BCUT2D eigenvalue weighted by molar-refractivity contribution is -0.141. The van der Waals surface area contributed by atoms with E-state index in [1.54, 1.807) is 6.92 Å². The maximum Gasteiger partial charge on any atom is 0.327 e. The van der Waals surface area contributed by atoms with E-state index in [0.717, 1.165) is 22.8 Å². The van der Waals surface area contributed by atoms with E-state index >= 15 is 0 Å². The number of hydrogen-bond acceptors (Lipinski definition) is 4. The topological polar surface area (TPSA) is 56.1 Å². The van der Waals surface area contributed by atoms with E-state index in [1.807, 2.05) is 48.9 Å². The van der Waals surface area contributed by atoms with Gasteiger partial charge in [-0.1, -0.05) is 18.2 Å². The first-order valence-electron chi connectivity index (χ1n) is 6.50. The molecule has 1 aromatic heterocycles. The Balaban J connectivity index is 2.33. The van der Waals surface area contributed by atoms with Crippen molar-refractivity contribution >= 4 is 11.7 Å². The number of ether oxygens (including phenoxy) is 1. The van der Waals surface area contributed by atoms with Gasteiger partial charge in [-0.3, -0.25) is 0 Å². The largest absolute Gasteiger partial charge is 0.467 e. The van der Waals surface area contributed by atoms with Gasteiger partial charge in [-0.2, -0.15) is 5.10 Å². The molecule has 2 aromatic rings. The van der Waals surface area contributed by atoms with Gasteiger partial charge in [0.2, 0.25) is 0 Å². The number of nitrogens with zero attached hydrogens (tertiary/aromatic N) is 2. The smallest absolute Gasteiger partial charge is 0.327 e. The summed E-state index contributed by atoms with van der Waals surface area (Å²) in [6.45, 7) is 5.66. The highest BCUT2D eigenvalue weighted by Crippen LogP contribution is 2.23. The summed E-state index contributed by atoms with van der Waals surface area (Å²) in [5, 5.41) is 7.68. The zero-order valence-electron chi connectivity index (χ0n) is 12.2. The minimum Gasteiger partial charge on any atom is -0.467 e. The molecular weight excluding hydrogens is 254 g/mol. The fraction of sp³-hybridized carbons (Fsp3) is 0.333. The third-order valence-electron chi connectivity index (χ3n) is 3.21. The Hall–Kier alpha value is -2.30. The number of methoxy groups -OCH3 is 1. The van der Waals surface area contributed by atoms with Gasteiger partial charge in [-0.25, -0.2) is 9.48 Å². The number of esters is 1. The molecule has 106 valence electrons. The van der Waals surface area contributed by atoms with Gasteiger partial charge in [-0.05, 0) is 32.9 Å². The van der Waals surface area contributed by atoms with Gasteiger partial charge in [-0.15, -0.1) is 0 Å². The molecule has 0 saturated carbocycles. The van der Waals surface area contributed by atoms with Crippen LogP contribution in [0, 0.1) is 13.8 Å². The quantitative estimate of drug-likeness (QED) is 0.869. The van der Waals surface area contributed by atoms with Crippen molar-refractivity contribution < 1.29 is 9.53 Å². The molecule has 2 rings (SSSR count). The standard InChI is InChI=1S/C15H19N3O2/c1-10-14(16-11(2)15(19)20-4)12(3)18(17-10)13-8-6-5-7-9-13/h5-9,11,16H,1-4H3. The number of aryl methyl sites for hydroxylation is 1. The number of aromatic nitrogens is 2. The van der Waals surface area contributed by atoms with Crippen LogP contribution in [0.4, 0.5) is 5.69 Å². The molecule has 1 aromatic carbocycles. The van der Waals surface area contributed by atoms with Crippen molar-refractivity contribution in [3.8, 4) is 5.69 Å². The molecule has 0 saturated heterocycles. The zero-order valence-corrected chi connectivity index (χ0v) is 12.2. The normalized spacial score (nSPS) is 12.0. The average Bonchev–Trinajstić information content (AvgIpc) is 2.75. The summed E-state index contributed by atoms with van der Waals surface area (Å²) < 4.78 is 6.59. The number of rotatable bonds is 4. The zero-order chi connectivity index (χ0) is 14.7. The summed E-state index contributed by atoms with van der Waals surface area (Å²) >= 11 is 0. The van der Waals surface area contributed by atoms with Gasteiger partial charge in [0.05, 0.1) is 29.9 Å². The number of carbonyl (C=O) groups excluding carboxylic acids is 1. The summed E-state index contributed by atoms with van der Waals surface area (Å²) in [5.41, 5.74) is 3.67. The summed E-state index contributed by atoms with van der Waals surface area (Å²) in [6, 6.07) is 9.48. The van der Waals surface area contributed by atoms with Crippen molar-refractivity contribution in [2.45, 2.75) is 26.8 Å².